The molecular weight excluding hydrogens is 196 g/mol. The van der Waals surface area contributed by atoms with Crippen LogP contribution < -0.4 is 0 Å². The van der Waals surface area contributed by atoms with Crippen LogP contribution in [0.1, 0.15) is 32.6 Å². The van der Waals surface area contributed by atoms with Crippen LogP contribution >= 0.6 is 0 Å². The van der Waals surface area contributed by atoms with Crippen molar-refractivity contribution < 1.29 is 19.1 Å². The Kier molecular flexibility index (Phi) is 4.00. The lowest BCUT2D eigenvalue weighted by Gasteiger charge is -2.24. The number of Topliss-reactive ketones (excluding diaryl/α,β-unsaturated/α-hetero) is 2. The Labute approximate surface area is 89.0 Å². The molecule has 2 atom stereocenters. The van der Waals surface area contributed by atoms with E-state index < -0.39 is 17.8 Å². The summed E-state index contributed by atoms with van der Waals surface area (Å²) >= 11 is 0. The van der Waals surface area contributed by atoms with E-state index in [1.165, 1.54) is 7.11 Å². The van der Waals surface area contributed by atoms with Crippen LogP contribution in [0.2, 0.25) is 0 Å². The molecule has 15 heavy (non-hydrogen) atoms. The highest BCUT2D eigenvalue weighted by atomic mass is 16.5. The van der Waals surface area contributed by atoms with Gasteiger partial charge in [0.1, 0.15) is 11.7 Å². The molecule has 0 aliphatic heterocycles. The molecule has 0 radical (unpaired) electrons. The second-order valence-electron chi connectivity index (χ2n) is 3.78. The fourth-order valence-corrected chi connectivity index (χ4v) is 2.00. The van der Waals surface area contributed by atoms with Crippen molar-refractivity contribution in [1.29, 1.82) is 0 Å². The number of rotatable bonds is 3. The molecule has 0 spiro atoms. The molecule has 0 aromatic rings. The molecule has 0 bridgehead atoms. The Hall–Kier alpha value is -1.19. The highest BCUT2D eigenvalue weighted by Crippen LogP contribution is 2.27. The maximum absolute atomic E-state index is 11.8. The van der Waals surface area contributed by atoms with Gasteiger partial charge in [-0.3, -0.25) is 14.4 Å². The van der Waals surface area contributed by atoms with Crippen LogP contribution in [0.15, 0.2) is 0 Å². The van der Waals surface area contributed by atoms with E-state index in [0.717, 1.165) is 6.42 Å². The van der Waals surface area contributed by atoms with E-state index in [4.69, 9.17) is 0 Å². The van der Waals surface area contributed by atoms with Gasteiger partial charge in [0.25, 0.3) is 0 Å². The summed E-state index contributed by atoms with van der Waals surface area (Å²) in [5.74, 6) is -2.11. The Balaban J connectivity index is 2.75. The molecule has 0 aromatic heterocycles. The summed E-state index contributed by atoms with van der Waals surface area (Å²) in [6.07, 6.45) is 2.18. The second-order valence-corrected chi connectivity index (χ2v) is 3.78. The van der Waals surface area contributed by atoms with Gasteiger partial charge in [0.15, 0.2) is 5.78 Å². The van der Waals surface area contributed by atoms with Crippen LogP contribution in [0.5, 0.6) is 0 Å². The van der Waals surface area contributed by atoms with Gasteiger partial charge < -0.3 is 4.74 Å². The van der Waals surface area contributed by atoms with E-state index in [0.29, 0.717) is 19.3 Å². The maximum atomic E-state index is 11.8. The van der Waals surface area contributed by atoms with Crippen molar-refractivity contribution in [3.8, 4) is 0 Å². The van der Waals surface area contributed by atoms with Crippen LogP contribution in [0.25, 0.3) is 0 Å². The van der Waals surface area contributed by atoms with E-state index >= 15 is 0 Å². The molecule has 0 N–H and O–H groups in total. The van der Waals surface area contributed by atoms with Crippen molar-refractivity contribution in [2.45, 2.75) is 32.6 Å². The fourth-order valence-electron chi connectivity index (χ4n) is 2.00. The molecule has 84 valence electrons. The predicted molar refractivity (Wildman–Crippen MR) is 53.2 cm³/mol. The highest BCUT2D eigenvalue weighted by Gasteiger charge is 2.39. The Morgan fingerprint density at radius 2 is 1.93 bits per heavy atom. The molecule has 4 heteroatoms. The van der Waals surface area contributed by atoms with Crippen LogP contribution in [-0.2, 0) is 19.1 Å². The van der Waals surface area contributed by atoms with Gasteiger partial charge >= 0.3 is 5.97 Å². The molecule has 1 aliphatic carbocycles. The monoisotopic (exact) mass is 212 g/mol. The fraction of sp³-hybridized carbons (Fsp3) is 0.727. The van der Waals surface area contributed by atoms with E-state index in [2.05, 4.69) is 4.74 Å². The number of hydrogen-bond acceptors (Lipinski definition) is 4. The zero-order chi connectivity index (χ0) is 11.4. The summed E-state index contributed by atoms with van der Waals surface area (Å²) in [6.45, 7) is 1.73. The minimum atomic E-state index is -0.718. The van der Waals surface area contributed by atoms with Crippen molar-refractivity contribution in [2.75, 3.05) is 7.11 Å². The van der Waals surface area contributed by atoms with E-state index in [9.17, 15) is 14.4 Å². The normalized spacial score (nSPS) is 26.1. The first-order valence-corrected chi connectivity index (χ1v) is 5.26. The van der Waals surface area contributed by atoms with Crippen molar-refractivity contribution in [2.24, 2.45) is 11.8 Å². The number of hydrogen-bond donors (Lipinski definition) is 0. The molecule has 2 unspecified atom stereocenters. The first-order valence-electron chi connectivity index (χ1n) is 5.26. The predicted octanol–water partition coefficient (Wildman–Crippen LogP) is 1.12. The van der Waals surface area contributed by atoms with Crippen LogP contribution in [-0.4, -0.2) is 24.6 Å². The summed E-state index contributed by atoms with van der Waals surface area (Å²) in [5.41, 5.74) is 0. The van der Waals surface area contributed by atoms with Gasteiger partial charge in [0.2, 0.25) is 0 Å². The van der Waals surface area contributed by atoms with Gasteiger partial charge in [-0.2, -0.15) is 0 Å². The van der Waals surface area contributed by atoms with E-state index in [-0.39, 0.29) is 11.6 Å². The smallest absolute Gasteiger partial charge is 0.316 e. The summed E-state index contributed by atoms with van der Waals surface area (Å²) in [7, 11) is 1.26. The summed E-state index contributed by atoms with van der Waals surface area (Å²) < 4.78 is 4.55. The third-order valence-electron chi connectivity index (χ3n) is 2.90. The average molecular weight is 212 g/mol. The molecule has 1 saturated carbocycles. The molecule has 1 fully saturated rings. The van der Waals surface area contributed by atoms with Gasteiger partial charge in [0.05, 0.1) is 13.0 Å². The second kappa shape index (κ2) is 5.05. The topological polar surface area (TPSA) is 60.4 Å². The summed E-state index contributed by atoms with van der Waals surface area (Å²) in [5, 5.41) is 0. The van der Waals surface area contributed by atoms with Crippen LogP contribution in [0, 0.1) is 11.8 Å². The zero-order valence-corrected chi connectivity index (χ0v) is 9.12. The summed E-state index contributed by atoms with van der Waals surface area (Å²) in [6, 6.07) is 0. The van der Waals surface area contributed by atoms with Gasteiger partial charge in [-0.1, -0.05) is 13.3 Å². The molecule has 1 aliphatic rings. The molecule has 4 nitrogen and oxygen atoms in total. The Morgan fingerprint density at radius 3 is 2.47 bits per heavy atom. The SMILES string of the molecule is CCC(=O)C1CCCC(C(=O)OC)C1=O. The van der Waals surface area contributed by atoms with Crippen molar-refractivity contribution in [1.82, 2.24) is 0 Å². The number of carbonyl (C=O) groups excluding carboxylic acids is 3. The number of methoxy groups -OCH3 is 1. The zero-order valence-electron chi connectivity index (χ0n) is 9.12. The maximum Gasteiger partial charge on any atom is 0.316 e. The highest BCUT2D eigenvalue weighted by molar-refractivity contribution is 6.10. The first-order chi connectivity index (χ1) is 7.11. The minimum absolute atomic E-state index is 0.0615. The van der Waals surface area contributed by atoms with Gasteiger partial charge in [0, 0.05) is 6.42 Å². The Morgan fingerprint density at radius 1 is 1.33 bits per heavy atom. The largest absolute Gasteiger partial charge is 0.468 e. The molecule has 1 rings (SSSR count). The lowest BCUT2D eigenvalue weighted by molar-refractivity contribution is -0.153. The van der Waals surface area contributed by atoms with E-state index in [1.54, 1.807) is 6.92 Å². The standard InChI is InChI=1S/C11H16O4/c1-3-9(12)7-5-4-6-8(10(7)13)11(14)15-2/h7-8H,3-6H2,1-2H3. The molecule has 0 saturated heterocycles. The van der Waals surface area contributed by atoms with Crippen molar-refractivity contribution in [3.63, 3.8) is 0 Å². The molecule has 0 amide bonds. The minimum Gasteiger partial charge on any atom is -0.468 e. The Bertz CT molecular complexity index is 256. The van der Waals surface area contributed by atoms with Crippen LogP contribution in [0.4, 0.5) is 0 Å². The molecule has 0 heterocycles. The molecule has 0 aromatic carbocycles. The lowest BCUT2D eigenvalue weighted by Crippen LogP contribution is -2.38. The molecular formula is C11H16O4. The van der Waals surface area contributed by atoms with E-state index in [1.807, 2.05) is 0 Å². The van der Waals surface area contributed by atoms with Gasteiger partial charge in [-0.25, -0.2) is 0 Å². The van der Waals surface area contributed by atoms with Crippen LogP contribution in [0.3, 0.4) is 0 Å². The van der Waals surface area contributed by atoms with Gasteiger partial charge in [-0.05, 0) is 12.8 Å². The average Bonchev–Trinajstić information content (AvgIpc) is 2.27. The lowest BCUT2D eigenvalue weighted by atomic mass is 9.77. The number of esters is 1. The number of carbonyl (C=O) groups is 3. The third kappa shape index (κ3) is 2.43. The quantitative estimate of drug-likeness (QED) is 0.519. The third-order valence-corrected chi connectivity index (χ3v) is 2.90. The van der Waals surface area contributed by atoms with Crippen molar-refractivity contribution >= 4 is 17.5 Å². The number of ether oxygens (including phenoxy) is 1. The summed E-state index contributed by atoms with van der Waals surface area (Å²) in [4.78, 5) is 34.5. The van der Waals surface area contributed by atoms with Gasteiger partial charge in [-0.15, -0.1) is 0 Å². The van der Waals surface area contributed by atoms with Crippen molar-refractivity contribution in [3.05, 3.63) is 0 Å². The first kappa shape index (κ1) is 11.9. The number of ketones is 2.